The molecule has 4 aromatic heterocycles. The highest BCUT2D eigenvalue weighted by atomic mass is 19.1. The van der Waals surface area contributed by atoms with Crippen molar-refractivity contribution in [3.63, 3.8) is 0 Å². The van der Waals surface area contributed by atoms with Gasteiger partial charge in [0, 0.05) is 36.3 Å². The summed E-state index contributed by atoms with van der Waals surface area (Å²) >= 11 is 0. The minimum Gasteiger partial charge on any atom is -0.496 e. The molecule has 0 aliphatic rings. The summed E-state index contributed by atoms with van der Waals surface area (Å²) in [5.74, 6) is 0.0944. The summed E-state index contributed by atoms with van der Waals surface area (Å²) in [4.78, 5) is 21.8. The van der Waals surface area contributed by atoms with Crippen molar-refractivity contribution in [1.82, 2.24) is 29.3 Å². The molecule has 0 radical (unpaired) electrons. The van der Waals surface area contributed by atoms with Crippen LogP contribution in [0, 0.1) is 5.82 Å². The average Bonchev–Trinajstić information content (AvgIpc) is 3.41. The lowest BCUT2D eigenvalue weighted by Gasteiger charge is -2.11. The number of nitrogens with zero attached hydrogens (tertiary/aromatic N) is 5. The van der Waals surface area contributed by atoms with E-state index in [4.69, 9.17) is 9.47 Å². The van der Waals surface area contributed by atoms with E-state index >= 15 is 4.39 Å². The number of H-pyrrole nitrogens is 1. The Kier molecular flexibility index (Phi) is 4.62. The Morgan fingerprint density at radius 1 is 1.19 bits per heavy atom. The molecule has 0 unspecified atom stereocenters. The first-order chi connectivity index (χ1) is 15.5. The molecule has 0 saturated carbocycles. The Bertz CT molecular complexity index is 1520. The van der Waals surface area contributed by atoms with Crippen LogP contribution in [-0.2, 0) is 7.05 Å². The number of pyridine rings is 2. The summed E-state index contributed by atoms with van der Waals surface area (Å²) in [6.45, 7) is 2.18. The van der Waals surface area contributed by atoms with Gasteiger partial charge in [0.2, 0.25) is 0 Å². The second-order valence-corrected chi connectivity index (χ2v) is 7.12. The van der Waals surface area contributed by atoms with Crippen LogP contribution in [0.15, 0.2) is 47.7 Å². The smallest absolute Gasteiger partial charge is 0.334 e. The van der Waals surface area contributed by atoms with Gasteiger partial charge in [0.15, 0.2) is 11.6 Å². The van der Waals surface area contributed by atoms with Gasteiger partial charge in [-0.25, -0.2) is 18.7 Å². The van der Waals surface area contributed by atoms with Gasteiger partial charge in [0.1, 0.15) is 11.5 Å². The lowest BCUT2D eigenvalue weighted by Crippen LogP contribution is -2.22. The van der Waals surface area contributed by atoms with Crippen molar-refractivity contribution in [3.05, 3.63) is 59.2 Å². The van der Waals surface area contributed by atoms with Crippen molar-refractivity contribution < 1.29 is 13.9 Å². The third kappa shape index (κ3) is 2.91. The largest absolute Gasteiger partial charge is 0.496 e. The van der Waals surface area contributed by atoms with Crippen LogP contribution in [-0.4, -0.2) is 43.0 Å². The second kappa shape index (κ2) is 7.49. The maximum atomic E-state index is 15.0. The lowest BCUT2D eigenvalue weighted by atomic mass is 10.1. The number of hydrogen-bond acceptors (Lipinski definition) is 6. The molecule has 5 aromatic rings. The van der Waals surface area contributed by atoms with Crippen molar-refractivity contribution >= 4 is 21.9 Å². The summed E-state index contributed by atoms with van der Waals surface area (Å²) in [5.41, 5.74) is 2.64. The Balaban J connectivity index is 1.87. The third-order valence-corrected chi connectivity index (χ3v) is 5.32. The Morgan fingerprint density at radius 2 is 2.03 bits per heavy atom. The van der Waals surface area contributed by atoms with E-state index in [1.54, 1.807) is 39.5 Å². The average molecular weight is 434 g/mol. The molecule has 1 N–H and O–H groups in total. The summed E-state index contributed by atoms with van der Waals surface area (Å²) in [7, 11) is 3.18. The highest BCUT2D eigenvalue weighted by Gasteiger charge is 2.21. The number of ether oxygens (including phenoxy) is 2. The molecule has 0 bridgehead atoms. The maximum absolute atomic E-state index is 15.0. The van der Waals surface area contributed by atoms with Gasteiger partial charge >= 0.3 is 5.69 Å². The molecule has 4 heterocycles. The topological polar surface area (TPSA) is 99.8 Å². The van der Waals surface area contributed by atoms with E-state index in [2.05, 4.69) is 20.2 Å². The van der Waals surface area contributed by atoms with E-state index in [1.807, 2.05) is 12.1 Å². The standard InChI is InChI=1S/C22H19FN6O3/c1-4-32-12-7-15(23)21(25-10-12)29-20-14-8-13(16-5-6-26-27-16)19(31-3)9-17(14)24-11-18(20)28(2)22(29)30/h5-11H,4H2,1-3H3,(H,26,27). The van der Waals surface area contributed by atoms with E-state index in [0.29, 0.717) is 40.0 Å². The van der Waals surface area contributed by atoms with E-state index in [9.17, 15) is 4.79 Å². The number of rotatable bonds is 5. The first-order valence-electron chi connectivity index (χ1n) is 9.90. The summed E-state index contributed by atoms with van der Waals surface area (Å²) in [6, 6.07) is 6.65. The fourth-order valence-corrected chi connectivity index (χ4v) is 3.83. The van der Waals surface area contributed by atoms with Crippen molar-refractivity contribution in [3.8, 4) is 28.6 Å². The fraction of sp³-hybridized carbons (Fsp3) is 0.182. The van der Waals surface area contributed by atoms with Crippen LogP contribution in [0.5, 0.6) is 11.5 Å². The Labute approximate surface area is 181 Å². The number of hydrogen-bond donors (Lipinski definition) is 1. The van der Waals surface area contributed by atoms with Crippen molar-refractivity contribution in [2.45, 2.75) is 6.92 Å². The second-order valence-electron chi connectivity index (χ2n) is 7.12. The summed E-state index contributed by atoms with van der Waals surface area (Å²) in [6.07, 6.45) is 4.61. The molecule has 0 aliphatic carbocycles. The lowest BCUT2D eigenvalue weighted by molar-refractivity contribution is 0.336. The van der Waals surface area contributed by atoms with Gasteiger partial charge in [0.05, 0.1) is 48.4 Å². The summed E-state index contributed by atoms with van der Waals surface area (Å²) in [5, 5.41) is 7.57. The number of methoxy groups -OCH3 is 1. The van der Waals surface area contributed by atoms with E-state index in [1.165, 1.54) is 21.4 Å². The number of nitrogens with one attached hydrogen (secondary N) is 1. The molecular formula is C22H19FN6O3. The maximum Gasteiger partial charge on any atom is 0.334 e. The van der Waals surface area contributed by atoms with Crippen LogP contribution in [0.3, 0.4) is 0 Å². The van der Waals surface area contributed by atoms with Crippen molar-refractivity contribution in [2.75, 3.05) is 13.7 Å². The van der Waals surface area contributed by atoms with Crippen LogP contribution in [0.4, 0.5) is 4.39 Å². The van der Waals surface area contributed by atoms with Gasteiger partial charge in [0.25, 0.3) is 0 Å². The van der Waals surface area contributed by atoms with Gasteiger partial charge in [-0.05, 0) is 19.1 Å². The molecule has 5 rings (SSSR count). The molecule has 0 spiro atoms. The van der Waals surface area contributed by atoms with Crippen molar-refractivity contribution in [1.29, 1.82) is 0 Å². The number of aryl methyl sites for hydroxylation is 1. The highest BCUT2D eigenvalue weighted by molar-refractivity contribution is 6.05. The molecule has 0 aliphatic heterocycles. The highest BCUT2D eigenvalue weighted by Crippen LogP contribution is 2.35. The first kappa shape index (κ1) is 19.7. The van der Waals surface area contributed by atoms with Crippen LogP contribution < -0.4 is 15.2 Å². The molecule has 9 nitrogen and oxygen atoms in total. The first-order valence-corrected chi connectivity index (χ1v) is 9.90. The molecule has 0 fully saturated rings. The number of fused-ring (bicyclic) bond motifs is 3. The third-order valence-electron chi connectivity index (χ3n) is 5.32. The van der Waals surface area contributed by atoms with Crippen LogP contribution in [0.25, 0.3) is 39.0 Å². The molecule has 0 atom stereocenters. The minimum absolute atomic E-state index is 0.115. The van der Waals surface area contributed by atoms with Crippen molar-refractivity contribution in [2.24, 2.45) is 7.05 Å². The van der Waals surface area contributed by atoms with Gasteiger partial charge in [-0.3, -0.25) is 14.6 Å². The van der Waals surface area contributed by atoms with Crippen LogP contribution in [0.2, 0.25) is 0 Å². The molecule has 162 valence electrons. The number of benzene rings is 1. The van der Waals surface area contributed by atoms with E-state index in [-0.39, 0.29) is 5.82 Å². The van der Waals surface area contributed by atoms with Gasteiger partial charge in [-0.2, -0.15) is 5.10 Å². The molecule has 32 heavy (non-hydrogen) atoms. The molecular weight excluding hydrogens is 415 g/mol. The number of halogens is 1. The zero-order valence-corrected chi connectivity index (χ0v) is 17.6. The van der Waals surface area contributed by atoms with Crippen LogP contribution in [0.1, 0.15) is 6.92 Å². The minimum atomic E-state index is -0.669. The molecule has 1 aromatic carbocycles. The van der Waals surface area contributed by atoms with Gasteiger partial charge in [-0.1, -0.05) is 0 Å². The fourth-order valence-electron chi connectivity index (χ4n) is 3.83. The van der Waals surface area contributed by atoms with Gasteiger partial charge in [-0.15, -0.1) is 0 Å². The van der Waals surface area contributed by atoms with Crippen LogP contribution >= 0.6 is 0 Å². The zero-order chi connectivity index (χ0) is 22.4. The number of aromatic amines is 1. The Morgan fingerprint density at radius 3 is 2.72 bits per heavy atom. The van der Waals surface area contributed by atoms with Gasteiger partial charge < -0.3 is 9.47 Å². The Hall–Kier alpha value is -4.21. The van der Waals surface area contributed by atoms with E-state index < -0.39 is 11.5 Å². The predicted octanol–water partition coefficient (Wildman–Crippen LogP) is 3.21. The molecule has 0 amide bonds. The quantitative estimate of drug-likeness (QED) is 0.456. The molecule has 0 saturated heterocycles. The SMILES string of the molecule is CCOc1cnc(-n2c(=O)n(C)c3cnc4cc(OC)c(-c5ccn[nH]5)cc4c32)c(F)c1. The number of aromatic nitrogens is 6. The normalized spacial score (nSPS) is 11.4. The van der Waals surface area contributed by atoms with E-state index in [0.717, 1.165) is 11.3 Å². The molecule has 10 heteroatoms. The summed E-state index contributed by atoms with van der Waals surface area (Å²) < 4.78 is 28.6. The number of imidazole rings is 1. The monoisotopic (exact) mass is 434 g/mol. The predicted molar refractivity (Wildman–Crippen MR) is 117 cm³/mol. The zero-order valence-electron chi connectivity index (χ0n) is 17.6.